The van der Waals surface area contributed by atoms with Crippen molar-refractivity contribution in [3.8, 4) is 5.75 Å². The lowest BCUT2D eigenvalue weighted by Crippen LogP contribution is -2.36. The molecule has 0 radical (unpaired) electrons. The average molecular weight is 388 g/mol. The second kappa shape index (κ2) is 8.29. The first-order valence-electron chi connectivity index (χ1n) is 9.64. The maximum Gasteiger partial charge on any atom is 0.237 e. The van der Waals surface area contributed by atoms with E-state index in [1.165, 1.54) is 36.6 Å². The molecule has 1 saturated carbocycles. The Labute approximate surface area is 163 Å². The SMILES string of the molecule is COc1ccc2c(c1)CCCN2C(=O)CSc1nnnn1C1CCCCC1. The van der Waals surface area contributed by atoms with Crippen molar-refractivity contribution >= 4 is 23.4 Å². The topological polar surface area (TPSA) is 73.1 Å². The zero-order valence-electron chi connectivity index (χ0n) is 15.6. The lowest BCUT2D eigenvalue weighted by molar-refractivity contribution is -0.116. The third-order valence-electron chi connectivity index (χ3n) is 5.41. The highest BCUT2D eigenvalue weighted by atomic mass is 32.2. The molecule has 144 valence electrons. The Morgan fingerprint density at radius 1 is 1.26 bits per heavy atom. The van der Waals surface area contributed by atoms with Gasteiger partial charge in [0.05, 0.1) is 18.9 Å². The lowest BCUT2D eigenvalue weighted by atomic mass is 9.96. The van der Waals surface area contributed by atoms with Gasteiger partial charge in [-0.1, -0.05) is 31.0 Å². The Morgan fingerprint density at radius 3 is 2.93 bits per heavy atom. The van der Waals surface area contributed by atoms with Gasteiger partial charge in [-0.05, 0) is 59.9 Å². The van der Waals surface area contributed by atoms with Gasteiger partial charge in [0, 0.05) is 12.2 Å². The quantitative estimate of drug-likeness (QED) is 0.733. The number of amides is 1. The van der Waals surface area contributed by atoms with Crippen LogP contribution < -0.4 is 9.64 Å². The van der Waals surface area contributed by atoms with Crippen LogP contribution >= 0.6 is 11.8 Å². The van der Waals surface area contributed by atoms with Gasteiger partial charge in [-0.2, -0.15) is 0 Å². The molecule has 0 N–H and O–H groups in total. The number of tetrazole rings is 1. The van der Waals surface area contributed by atoms with Crippen molar-refractivity contribution in [1.82, 2.24) is 20.2 Å². The minimum absolute atomic E-state index is 0.101. The van der Waals surface area contributed by atoms with Crippen LogP contribution in [0.1, 0.15) is 50.1 Å². The normalized spacial score (nSPS) is 17.6. The number of aromatic nitrogens is 4. The minimum atomic E-state index is 0.101. The second-order valence-electron chi connectivity index (χ2n) is 7.13. The fourth-order valence-corrected chi connectivity index (χ4v) is 4.82. The van der Waals surface area contributed by atoms with Crippen LogP contribution in [0.5, 0.6) is 5.75 Å². The summed E-state index contributed by atoms with van der Waals surface area (Å²) in [5.74, 6) is 1.28. The zero-order valence-corrected chi connectivity index (χ0v) is 16.5. The Kier molecular flexibility index (Phi) is 5.61. The van der Waals surface area contributed by atoms with Gasteiger partial charge in [-0.15, -0.1) is 5.10 Å². The van der Waals surface area contributed by atoms with Gasteiger partial charge in [0.2, 0.25) is 11.1 Å². The number of ether oxygens (including phenoxy) is 1. The number of carbonyl (C=O) groups excluding carboxylic acids is 1. The van der Waals surface area contributed by atoms with Crippen molar-refractivity contribution in [2.75, 3.05) is 24.3 Å². The van der Waals surface area contributed by atoms with Crippen LogP contribution in [0.2, 0.25) is 0 Å². The monoisotopic (exact) mass is 387 g/mol. The standard InChI is InChI=1S/C19H25N5O2S/c1-26-16-9-10-17-14(12-16)6-5-11-23(17)18(25)13-27-19-20-21-22-24(19)15-7-3-2-4-8-15/h9-10,12,15H,2-8,11,13H2,1H3. The summed E-state index contributed by atoms with van der Waals surface area (Å²) in [4.78, 5) is 14.8. The number of rotatable bonds is 5. The molecule has 27 heavy (non-hydrogen) atoms. The molecule has 0 saturated heterocycles. The number of carbonyl (C=O) groups is 1. The summed E-state index contributed by atoms with van der Waals surface area (Å²) >= 11 is 1.44. The number of aryl methyl sites for hydroxylation is 1. The molecule has 0 atom stereocenters. The molecule has 0 unspecified atom stereocenters. The number of hydrogen-bond acceptors (Lipinski definition) is 6. The smallest absolute Gasteiger partial charge is 0.237 e. The number of nitrogens with zero attached hydrogens (tertiary/aromatic N) is 5. The van der Waals surface area contributed by atoms with Crippen molar-refractivity contribution in [3.05, 3.63) is 23.8 Å². The van der Waals surface area contributed by atoms with Gasteiger partial charge in [-0.25, -0.2) is 4.68 Å². The number of benzene rings is 1. The van der Waals surface area contributed by atoms with Crippen LogP contribution in [-0.2, 0) is 11.2 Å². The maximum absolute atomic E-state index is 12.9. The molecular weight excluding hydrogens is 362 g/mol. The van der Waals surface area contributed by atoms with E-state index in [2.05, 4.69) is 15.5 Å². The average Bonchev–Trinajstić information content (AvgIpc) is 3.20. The Hall–Kier alpha value is -2.09. The zero-order chi connectivity index (χ0) is 18.6. The maximum atomic E-state index is 12.9. The molecule has 2 aromatic rings. The van der Waals surface area contributed by atoms with Crippen LogP contribution in [0.25, 0.3) is 0 Å². The first-order valence-corrected chi connectivity index (χ1v) is 10.6. The van der Waals surface area contributed by atoms with Crippen molar-refractivity contribution in [1.29, 1.82) is 0 Å². The number of hydrogen-bond donors (Lipinski definition) is 0. The molecule has 1 aromatic heterocycles. The van der Waals surface area contributed by atoms with Crippen LogP contribution in [0.15, 0.2) is 23.4 Å². The van der Waals surface area contributed by atoms with E-state index in [-0.39, 0.29) is 5.91 Å². The fraction of sp³-hybridized carbons (Fsp3) is 0.579. The largest absolute Gasteiger partial charge is 0.497 e. The molecule has 8 heteroatoms. The van der Waals surface area contributed by atoms with Gasteiger partial charge in [0.1, 0.15) is 5.75 Å². The van der Waals surface area contributed by atoms with Gasteiger partial charge in [0.15, 0.2) is 0 Å². The van der Waals surface area contributed by atoms with Crippen molar-refractivity contribution < 1.29 is 9.53 Å². The van der Waals surface area contributed by atoms with Crippen molar-refractivity contribution in [2.24, 2.45) is 0 Å². The van der Waals surface area contributed by atoms with E-state index in [0.717, 1.165) is 48.8 Å². The Balaban J connectivity index is 1.43. The minimum Gasteiger partial charge on any atom is -0.497 e. The van der Waals surface area contributed by atoms with Crippen LogP contribution in [0.4, 0.5) is 5.69 Å². The van der Waals surface area contributed by atoms with Crippen molar-refractivity contribution in [2.45, 2.75) is 56.1 Å². The molecule has 0 spiro atoms. The van der Waals surface area contributed by atoms with Gasteiger partial charge < -0.3 is 9.64 Å². The van der Waals surface area contributed by atoms with Crippen LogP contribution in [0.3, 0.4) is 0 Å². The van der Waals surface area contributed by atoms with E-state index < -0.39 is 0 Å². The van der Waals surface area contributed by atoms with E-state index in [1.807, 2.05) is 27.8 Å². The summed E-state index contributed by atoms with van der Waals surface area (Å²) < 4.78 is 7.23. The number of thioether (sulfide) groups is 1. The first-order chi connectivity index (χ1) is 13.3. The van der Waals surface area contributed by atoms with E-state index in [4.69, 9.17) is 4.74 Å². The third-order valence-corrected chi connectivity index (χ3v) is 6.33. The van der Waals surface area contributed by atoms with Gasteiger partial charge in [-0.3, -0.25) is 4.79 Å². The first kappa shape index (κ1) is 18.3. The highest BCUT2D eigenvalue weighted by Crippen LogP contribution is 2.32. The Morgan fingerprint density at radius 2 is 2.11 bits per heavy atom. The number of fused-ring (bicyclic) bond motifs is 1. The van der Waals surface area contributed by atoms with Gasteiger partial charge in [0.25, 0.3) is 0 Å². The molecular formula is C19H25N5O2S. The highest BCUT2D eigenvalue weighted by molar-refractivity contribution is 7.99. The molecule has 2 heterocycles. The molecule has 0 bridgehead atoms. The highest BCUT2D eigenvalue weighted by Gasteiger charge is 2.25. The summed E-state index contributed by atoms with van der Waals surface area (Å²) in [7, 11) is 1.67. The van der Waals surface area contributed by atoms with Gasteiger partial charge >= 0.3 is 0 Å². The fourth-order valence-electron chi connectivity index (χ4n) is 4.00. The molecule has 1 amide bonds. The van der Waals surface area contributed by atoms with E-state index >= 15 is 0 Å². The van der Waals surface area contributed by atoms with E-state index in [0.29, 0.717) is 11.8 Å². The predicted octanol–water partition coefficient (Wildman–Crippen LogP) is 3.26. The second-order valence-corrected chi connectivity index (χ2v) is 8.07. The summed E-state index contributed by atoms with van der Waals surface area (Å²) in [5, 5.41) is 12.9. The summed E-state index contributed by atoms with van der Waals surface area (Å²) in [6.07, 6.45) is 7.92. The molecule has 1 aromatic carbocycles. The number of methoxy groups -OCH3 is 1. The predicted molar refractivity (Wildman–Crippen MR) is 104 cm³/mol. The van der Waals surface area contributed by atoms with E-state index in [9.17, 15) is 4.79 Å². The molecule has 1 fully saturated rings. The molecule has 1 aliphatic heterocycles. The molecule has 2 aliphatic rings. The summed E-state index contributed by atoms with van der Waals surface area (Å²) in [6.45, 7) is 0.756. The summed E-state index contributed by atoms with van der Waals surface area (Å²) in [5.41, 5.74) is 2.17. The molecule has 1 aliphatic carbocycles. The van der Waals surface area contributed by atoms with Crippen molar-refractivity contribution in [3.63, 3.8) is 0 Å². The van der Waals surface area contributed by atoms with Crippen LogP contribution in [-0.4, -0.2) is 45.5 Å². The third kappa shape index (κ3) is 3.95. The molecule has 7 nitrogen and oxygen atoms in total. The summed E-state index contributed by atoms with van der Waals surface area (Å²) in [6, 6.07) is 6.31. The lowest BCUT2D eigenvalue weighted by Gasteiger charge is -2.29. The number of anilines is 1. The molecule has 4 rings (SSSR count). The van der Waals surface area contributed by atoms with Crippen LogP contribution in [0, 0.1) is 0 Å². The van der Waals surface area contributed by atoms with E-state index in [1.54, 1.807) is 7.11 Å². The Bertz CT molecular complexity index is 803.